The van der Waals surface area contributed by atoms with Crippen LogP contribution in [-0.2, 0) is 24.3 Å². The number of hydrogen-bond donors (Lipinski definition) is 2. The lowest BCUT2D eigenvalue weighted by molar-refractivity contribution is -0.122. The molecule has 0 aliphatic carbocycles. The van der Waals surface area contributed by atoms with E-state index in [0.717, 1.165) is 23.4 Å². The molecule has 0 radical (unpaired) electrons. The van der Waals surface area contributed by atoms with Crippen LogP contribution >= 0.6 is 0 Å². The van der Waals surface area contributed by atoms with E-state index in [-0.39, 0.29) is 5.91 Å². The standard InChI is InChI=1S/C28H28N4O/c1-4-32-26-8-6-5-7-24(26)25-16-23(13-14-27(25)32)18-30-28(33)20(3)31-19(2)15-21-9-11-22(17-29)12-10-21/h5-14,16,20,31H,2,4,15,18H2,1,3H3,(H,30,33). The van der Waals surface area contributed by atoms with Gasteiger partial charge in [-0.25, -0.2) is 0 Å². The van der Waals surface area contributed by atoms with E-state index in [2.05, 4.69) is 77.2 Å². The number of aryl methyl sites for hydroxylation is 1. The van der Waals surface area contributed by atoms with E-state index in [4.69, 9.17) is 5.26 Å². The van der Waals surface area contributed by atoms with Crippen LogP contribution in [0.1, 0.15) is 30.5 Å². The van der Waals surface area contributed by atoms with Gasteiger partial charge in [0, 0.05) is 47.0 Å². The van der Waals surface area contributed by atoms with Crippen LogP contribution in [-0.4, -0.2) is 16.5 Å². The molecule has 0 bridgehead atoms. The number of hydrogen-bond acceptors (Lipinski definition) is 3. The minimum absolute atomic E-state index is 0.0768. The van der Waals surface area contributed by atoms with Crippen LogP contribution in [0.15, 0.2) is 79.0 Å². The summed E-state index contributed by atoms with van der Waals surface area (Å²) in [6, 6.07) is 23.9. The highest BCUT2D eigenvalue weighted by molar-refractivity contribution is 6.08. The van der Waals surface area contributed by atoms with E-state index < -0.39 is 6.04 Å². The molecule has 166 valence electrons. The molecule has 1 atom stereocenters. The van der Waals surface area contributed by atoms with Gasteiger partial charge in [-0.2, -0.15) is 5.26 Å². The quantitative estimate of drug-likeness (QED) is 0.407. The Balaban J connectivity index is 1.38. The van der Waals surface area contributed by atoms with Gasteiger partial charge in [-0.3, -0.25) is 4.79 Å². The molecule has 4 rings (SSSR count). The van der Waals surface area contributed by atoms with Gasteiger partial charge in [0.05, 0.1) is 11.6 Å². The summed E-state index contributed by atoms with van der Waals surface area (Å²) < 4.78 is 2.32. The fraction of sp³-hybridized carbons (Fsp3) is 0.214. The van der Waals surface area contributed by atoms with E-state index in [0.29, 0.717) is 18.5 Å². The highest BCUT2D eigenvalue weighted by atomic mass is 16.2. The Morgan fingerprint density at radius 3 is 2.45 bits per heavy atom. The Morgan fingerprint density at radius 2 is 1.73 bits per heavy atom. The molecule has 5 nitrogen and oxygen atoms in total. The van der Waals surface area contributed by atoms with Crippen molar-refractivity contribution >= 4 is 27.7 Å². The first-order valence-electron chi connectivity index (χ1n) is 11.2. The molecule has 0 saturated carbocycles. The van der Waals surface area contributed by atoms with Gasteiger partial charge in [-0.15, -0.1) is 0 Å². The number of carbonyl (C=O) groups is 1. The van der Waals surface area contributed by atoms with Gasteiger partial charge in [0.1, 0.15) is 6.04 Å². The Morgan fingerprint density at radius 1 is 1.03 bits per heavy atom. The van der Waals surface area contributed by atoms with Crippen LogP contribution in [0.2, 0.25) is 0 Å². The number of fused-ring (bicyclic) bond motifs is 3. The number of amides is 1. The third-order valence-electron chi connectivity index (χ3n) is 5.93. The van der Waals surface area contributed by atoms with Crippen LogP contribution in [0.4, 0.5) is 0 Å². The van der Waals surface area contributed by atoms with Crippen molar-refractivity contribution in [3.63, 3.8) is 0 Å². The average Bonchev–Trinajstić information content (AvgIpc) is 3.15. The fourth-order valence-corrected chi connectivity index (χ4v) is 4.26. The maximum Gasteiger partial charge on any atom is 0.242 e. The molecule has 0 fully saturated rings. The predicted molar refractivity (Wildman–Crippen MR) is 134 cm³/mol. The van der Waals surface area contributed by atoms with E-state index in [9.17, 15) is 4.79 Å². The minimum atomic E-state index is -0.401. The number of nitriles is 1. The van der Waals surface area contributed by atoms with Crippen LogP contribution in [0.5, 0.6) is 0 Å². The first-order valence-corrected chi connectivity index (χ1v) is 11.2. The Kier molecular flexibility index (Phi) is 6.46. The molecule has 1 aromatic heterocycles. The Bertz CT molecular complexity index is 1360. The van der Waals surface area contributed by atoms with Crippen molar-refractivity contribution < 1.29 is 4.79 Å². The van der Waals surface area contributed by atoms with Gasteiger partial charge in [0.2, 0.25) is 5.91 Å². The van der Waals surface area contributed by atoms with Gasteiger partial charge in [0.15, 0.2) is 0 Å². The second-order valence-corrected chi connectivity index (χ2v) is 8.29. The van der Waals surface area contributed by atoms with Gasteiger partial charge in [-0.1, -0.05) is 43.0 Å². The normalized spacial score (nSPS) is 11.8. The number of allylic oxidation sites excluding steroid dienone is 1. The zero-order chi connectivity index (χ0) is 23.4. The zero-order valence-corrected chi connectivity index (χ0v) is 19.1. The van der Waals surface area contributed by atoms with Crippen molar-refractivity contribution in [2.45, 2.75) is 39.4 Å². The highest BCUT2D eigenvalue weighted by Crippen LogP contribution is 2.29. The van der Waals surface area contributed by atoms with Gasteiger partial charge in [0.25, 0.3) is 0 Å². The van der Waals surface area contributed by atoms with Crippen LogP contribution < -0.4 is 10.6 Å². The van der Waals surface area contributed by atoms with Gasteiger partial charge >= 0.3 is 0 Å². The smallest absolute Gasteiger partial charge is 0.242 e. The Labute approximate surface area is 194 Å². The monoisotopic (exact) mass is 436 g/mol. The number of rotatable bonds is 8. The molecular weight excluding hydrogens is 408 g/mol. The number of nitrogens with one attached hydrogen (secondary N) is 2. The lowest BCUT2D eigenvalue weighted by Crippen LogP contribution is -2.41. The fourth-order valence-electron chi connectivity index (χ4n) is 4.26. The summed E-state index contributed by atoms with van der Waals surface area (Å²) in [6.07, 6.45) is 0.599. The number of para-hydroxylation sites is 1. The minimum Gasteiger partial charge on any atom is -0.377 e. The summed E-state index contributed by atoms with van der Waals surface area (Å²) in [4.78, 5) is 12.7. The zero-order valence-electron chi connectivity index (χ0n) is 19.1. The van der Waals surface area contributed by atoms with Gasteiger partial charge < -0.3 is 15.2 Å². The predicted octanol–water partition coefficient (Wildman–Crippen LogP) is 5.04. The molecule has 4 aromatic rings. The van der Waals surface area contributed by atoms with Crippen molar-refractivity contribution in [3.05, 3.63) is 95.7 Å². The molecule has 1 heterocycles. The largest absolute Gasteiger partial charge is 0.377 e. The highest BCUT2D eigenvalue weighted by Gasteiger charge is 2.14. The summed E-state index contributed by atoms with van der Waals surface area (Å²) in [6.45, 7) is 9.41. The van der Waals surface area contributed by atoms with Crippen molar-refractivity contribution in [2.24, 2.45) is 0 Å². The van der Waals surface area contributed by atoms with E-state index >= 15 is 0 Å². The van der Waals surface area contributed by atoms with Crippen molar-refractivity contribution in [1.29, 1.82) is 5.26 Å². The van der Waals surface area contributed by atoms with Crippen molar-refractivity contribution in [3.8, 4) is 6.07 Å². The van der Waals surface area contributed by atoms with E-state index in [1.165, 1.54) is 21.8 Å². The second-order valence-electron chi connectivity index (χ2n) is 8.29. The van der Waals surface area contributed by atoms with Crippen LogP contribution in [0, 0.1) is 11.3 Å². The average molecular weight is 437 g/mol. The summed E-state index contributed by atoms with van der Waals surface area (Å²) in [5.41, 5.74) is 5.94. The molecule has 0 spiro atoms. The number of nitrogens with zero attached hydrogens (tertiary/aromatic N) is 2. The summed E-state index contributed by atoms with van der Waals surface area (Å²) in [5, 5.41) is 17.6. The third kappa shape index (κ3) is 4.75. The lowest BCUT2D eigenvalue weighted by Gasteiger charge is -2.17. The maximum atomic E-state index is 12.7. The SMILES string of the molecule is C=C(Cc1ccc(C#N)cc1)NC(C)C(=O)NCc1ccc2c(c1)c1ccccc1n2CC. The molecular formula is C28H28N4O. The number of carbonyl (C=O) groups excluding carboxylic acids is 1. The lowest BCUT2D eigenvalue weighted by atomic mass is 10.1. The molecule has 0 aliphatic heterocycles. The van der Waals surface area contributed by atoms with Crippen LogP contribution in [0.3, 0.4) is 0 Å². The number of benzene rings is 3. The first-order chi connectivity index (χ1) is 16.0. The van der Waals surface area contributed by atoms with Gasteiger partial charge in [-0.05, 0) is 55.3 Å². The topological polar surface area (TPSA) is 69.8 Å². The molecule has 1 unspecified atom stereocenters. The molecule has 33 heavy (non-hydrogen) atoms. The molecule has 1 amide bonds. The van der Waals surface area contributed by atoms with E-state index in [1.54, 1.807) is 12.1 Å². The summed E-state index contributed by atoms with van der Waals surface area (Å²) in [7, 11) is 0. The first kappa shape index (κ1) is 22.2. The van der Waals surface area contributed by atoms with E-state index in [1.807, 2.05) is 19.1 Å². The Hall–Kier alpha value is -4.04. The summed E-state index contributed by atoms with van der Waals surface area (Å²) >= 11 is 0. The summed E-state index contributed by atoms with van der Waals surface area (Å²) in [5.74, 6) is -0.0768. The number of aromatic nitrogens is 1. The molecule has 0 aliphatic rings. The van der Waals surface area contributed by atoms with Crippen LogP contribution in [0.25, 0.3) is 21.8 Å². The maximum absolute atomic E-state index is 12.7. The second kappa shape index (κ2) is 9.62. The molecule has 0 saturated heterocycles. The third-order valence-corrected chi connectivity index (χ3v) is 5.93. The van der Waals surface area contributed by atoms with Crippen molar-refractivity contribution in [2.75, 3.05) is 0 Å². The molecule has 5 heteroatoms. The molecule has 2 N–H and O–H groups in total. The van der Waals surface area contributed by atoms with Crippen molar-refractivity contribution in [1.82, 2.24) is 15.2 Å². The molecule has 3 aromatic carbocycles.